The zero-order valence-corrected chi connectivity index (χ0v) is 47.3. The summed E-state index contributed by atoms with van der Waals surface area (Å²) in [4.78, 5) is 59.1. The molecule has 2 unspecified atom stereocenters. The van der Waals surface area contributed by atoms with E-state index in [0.717, 1.165) is 24.3 Å². The van der Waals surface area contributed by atoms with E-state index in [1.807, 2.05) is 6.92 Å². The predicted molar refractivity (Wildman–Crippen MR) is 277 cm³/mol. The molecule has 81 heavy (non-hydrogen) atoms. The van der Waals surface area contributed by atoms with Gasteiger partial charge in [0, 0.05) is 39.8 Å². The molecule has 6 aromatic rings. The Kier molecular flexibility index (Phi) is 17.6. The van der Waals surface area contributed by atoms with Crippen LogP contribution in [0.1, 0.15) is 104 Å². The summed E-state index contributed by atoms with van der Waals surface area (Å²) in [5.74, 6) is -2.16. The zero-order valence-electron chi connectivity index (χ0n) is 43.4. The summed E-state index contributed by atoms with van der Waals surface area (Å²) in [5, 5.41) is 12.1. The Hall–Kier alpha value is -6.03. The van der Waals surface area contributed by atoms with Gasteiger partial charge in [-0.3, -0.25) is 19.2 Å². The number of anilines is 1. The summed E-state index contributed by atoms with van der Waals surface area (Å²) in [6.45, 7) is 11.7. The summed E-state index contributed by atoms with van der Waals surface area (Å²) in [7, 11) is -19.3. The van der Waals surface area contributed by atoms with Crippen LogP contribution in [-0.4, -0.2) is 100.0 Å². The number of hydrogen-bond acceptors (Lipinski definition) is 18. The lowest BCUT2D eigenvalue weighted by atomic mass is 10.1. The lowest BCUT2D eigenvalue weighted by Crippen LogP contribution is -2.38. The number of esters is 4. The minimum atomic E-state index is -9.81. The molecule has 0 radical (unpaired) electrons. The first kappa shape index (κ1) is 64.1. The van der Waals surface area contributed by atoms with Gasteiger partial charge in [0.25, 0.3) is 0 Å². The van der Waals surface area contributed by atoms with E-state index in [4.69, 9.17) is 69.0 Å². The second-order valence-electron chi connectivity index (χ2n) is 18.3. The first-order valence-electron chi connectivity index (χ1n) is 23.8. The Morgan fingerprint density at radius 2 is 0.938 bits per heavy atom. The van der Waals surface area contributed by atoms with Gasteiger partial charge in [0.15, 0.2) is 48.2 Å². The highest BCUT2D eigenvalue weighted by Gasteiger charge is 2.66. The quantitative estimate of drug-likeness (QED) is 0.0338. The number of rotatable bonds is 14. The standard InChI is InChI=1S/C23H25ClF5N5O5S.C15H16Cl2N4O5.C8H10F5NS/c1-5-17-18(37-12(3)35)19(38-13(4)36)22(39-17)34-21-16(10-30-34)20(32-23(24)33-21)31-11(2)14-6-8-15(9-7-14)40(25,26,27,28)29;1-4-9-10(24-6(2)22)11(25-7(3)23)14(26-9)21-13-8(5-18-21)12(16)19-15(17)20-13;1-6(14)7-2-4-8(5-3-7)15(9,10,11,12)13/h6-11,17-19,22H,5H2,1-4H3,(H,31,32,33);5,9-11,14H,4H2,1-3H3;2-6H,14H2,1H3/t11-,17-,18?,19+,22-;9-,10?,11+,14-;6-/m111/s1. The molecule has 4 aromatic heterocycles. The molecule has 2 aliphatic rings. The third-order valence-electron chi connectivity index (χ3n) is 11.9. The fraction of sp³-hybridized carbons (Fsp3) is 0.435. The van der Waals surface area contributed by atoms with E-state index < -0.39 is 115 Å². The molecule has 0 amide bonds. The van der Waals surface area contributed by atoms with Crippen molar-refractivity contribution in [3.63, 3.8) is 0 Å². The molecule has 3 N–H and O–H groups in total. The highest BCUT2D eigenvalue weighted by molar-refractivity contribution is 8.46. The summed E-state index contributed by atoms with van der Waals surface area (Å²) in [6.07, 6.45) is -2.98. The third kappa shape index (κ3) is 15.7. The molecule has 0 spiro atoms. The molecule has 8 rings (SSSR count). The van der Waals surface area contributed by atoms with Crippen LogP contribution >= 0.6 is 55.3 Å². The van der Waals surface area contributed by atoms with Gasteiger partial charge in [0.05, 0.1) is 23.2 Å². The van der Waals surface area contributed by atoms with E-state index in [-0.39, 0.29) is 32.7 Å². The maximum Gasteiger partial charge on any atom is 0.310 e. The number of halogens is 13. The van der Waals surface area contributed by atoms with Gasteiger partial charge in [0.2, 0.25) is 10.6 Å². The normalized spacial score (nSPS) is 23.4. The van der Waals surface area contributed by atoms with Crippen LogP contribution < -0.4 is 11.1 Å². The van der Waals surface area contributed by atoms with Crippen LogP contribution in [0.5, 0.6) is 0 Å². The number of carbonyl (C=O) groups is 4. The molecule has 10 atom stereocenters. The van der Waals surface area contributed by atoms with Crippen molar-refractivity contribution in [1.29, 1.82) is 0 Å². The zero-order chi connectivity index (χ0) is 60.7. The molecule has 20 nitrogen and oxygen atoms in total. The number of nitrogens with two attached hydrogens (primary N) is 1. The molecule has 0 bridgehead atoms. The molecule has 0 saturated carbocycles. The van der Waals surface area contributed by atoms with Gasteiger partial charge in [-0.25, -0.2) is 14.3 Å². The van der Waals surface area contributed by atoms with Gasteiger partial charge in [-0.2, -0.15) is 25.1 Å². The second kappa shape index (κ2) is 22.3. The molecule has 2 saturated heterocycles. The monoisotopic (exact) mass is 1260 g/mol. The van der Waals surface area contributed by atoms with E-state index in [9.17, 15) is 58.0 Å². The smallest absolute Gasteiger partial charge is 0.310 e. The highest BCUT2D eigenvalue weighted by atomic mass is 35.5. The number of nitrogens with zero attached hydrogens (tertiary/aromatic N) is 8. The average molecular weight is 1260 g/mol. The van der Waals surface area contributed by atoms with Crippen molar-refractivity contribution in [3.8, 4) is 0 Å². The van der Waals surface area contributed by atoms with Gasteiger partial charge in [-0.05, 0) is 85.3 Å². The first-order chi connectivity index (χ1) is 37.1. The van der Waals surface area contributed by atoms with Crippen LogP contribution in [0.4, 0.5) is 44.7 Å². The van der Waals surface area contributed by atoms with Crippen molar-refractivity contribution < 1.29 is 86.5 Å². The topological polar surface area (TPSA) is 249 Å². The average Bonchev–Trinajstić information content (AvgIpc) is 4.19. The fourth-order valence-electron chi connectivity index (χ4n) is 8.35. The van der Waals surface area contributed by atoms with Gasteiger partial charge in [0.1, 0.15) is 33.0 Å². The Morgan fingerprint density at radius 3 is 1.31 bits per heavy atom. The van der Waals surface area contributed by atoms with E-state index in [0.29, 0.717) is 59.1 Å². The van der Waals surface area contributed by atoms with Gasteiger partial charge >= 0.3 is 44.3 Å². The minimum Gasteiger partial charge on any atom is -0.456 e. The summed E-state index contributed by atoms with van der Waals surface area (Å²) < 4.78 is 163. The first-order valence-corrected chi connectivity index (χ1v) is 28.8. The molecule has 2 aliphatic heterocycles. The molecular formula is C46H51Cl3F10N10O10S2. The van der Waals surface area contributed by atoms with E-state index in [1.165, 1.54) is 49.5 Å². The van der Waals surface area contributed by atoms with Crippen molar-refractivity contribution in [2.24, 2.45) is 5.73 Å². The fourth-order valence-corrected chi connectivity index (χ4v) is 10.2. The highest BCUT2D eigenvalue weighted by Crippen LogP contribution is 3.02. The Bertz CT molecular complexity index is 3340. The van der Waals surface area contributed by atoms with Crippen molar-refractivity contribution in [1.82, 2.24) is 39.5 Å². The molecular weight excluding hydrogens is 1210 g/mol. The van der Waals surface area contributed by atoms with Crippen LogP contribution in [-0.2, 0) is 47.6 Å². The Labute approximate surface area is 469 Å². The predicted octanol–water partition coefficient (Wildman–Crippen LogP) is 13.1. The van der Waals surface area contributed by atoms with Crippen molar-refractivity contribution in [2.45, 2.75) is 139 Å². The van der Waals surface area contributed by atoms with Crippen molar-refractivity contribution in [2.75, 3.05) is 5.32 Å². The number of fused-ring (bicyclic) bond motifs is 2. The van der Waals surface area contributed by atoms with Gasteiger partial charge in [-0.1, -0.05) is 88.6 Å². The summed E-state index contributed by atoms with van der Waals surface area (Å²) in [5.41, 5.74) is 6.47. The largest absolute Gasteiger partial charge is 0.456 e. The third-order valence-corrected chi connectivity index (χ3v) is 14.9. The van der Waals surface area contributed by atoms with Crippen LogP contribution in [0.25, 0.3) is 22.1 Å². The van der Waals surface area contributed by atoms with Crippen LogP contribution in [0.3, 0.4) is 0 Å². The Morgan fingerprint density at radius 1 is 0.580 bits per heavy atom. The number of carbonyl (C=O) groups excluding carboxylic acids is 4. The maximum atomic E-state index is 13.1. The molecule has 2 aromatic carbocycles. The number of hydrogen-bond donors (Lipinski definition) is 2. The number of aromatic nitrogens is 8. The molecule has 2 fully saturated rings. The number of benzene rings is 2. The molecule has 448 valence electrons. The van der Waals surface area contributed by atoms with Gasteiger partial charge < -0.3 is 39.5 Å². The van der Waals surface area contributed by atoms with E-state index >= 15 is 0 Å². The summed E-state index contributed by atoms with van der Waals surface area (Å²) >= 11 is 18.1. The van der Waals surface area contributed by atoms with E-state index in [1.54, 1.807) is 20.8 Å². The van der Waals surface area contributed by atoms with Crippen LogP contribution in [0.2, 0.25) is 15.7 Å². The van der Waals surface area contributed by atoms with Crippen molar-refractivity contribution in [3.05, 3.63) is 87.8 Å². The lowest BCUT2D eigenvalue weighted by molar-refractivity contribution is -0.165. The minimum absolute atomic E-state index is 0.0603. The maximum absolute atomic E-state index is 13.1. The molecule has 0 aliphatic carbocycles. The SMILES string of the molecule is CC[C@H]1O[C@@H](n2ncc3c(Cl)nc(Cl)nc32)[C@@H](OC(C)=O)C1OC(C)=O.CC[C@H]1O[C@@H](n2ncc3c(N[C@H](C)c4ccc(S(F)(F)(F)(F)F)cc4)nc(Cl)nc32)[C@@H](OC(C)=O)C1OC(C)=O.C[C@@H](N)c1ccc(S(F)(F)(F)(F)F)cc1. The second-order valence-corrected chi connectivity index (χ2v) is 24.1. The molecule has 6 heterocycles. The van der Waals surface area contributed by atoms with Crippen molar-refractivity contribution >= 4 is 107 Å². The number of nitrogens with one attached hydrogen (secondary N) is 1. The van der Waals surface area contributed by atoms with E-state index in [2.05, 4.69) is 35.5 Å². The molecule has 35 heteroatoms. The lowest BCUT2D eigenvalue weighted by Gasteiger charge is -2.40. The Balaban J connectivity index is 0.000000219. The number of ether oxygens (including phenoxy) is 6. The van der Waals surface area contributed by atoms with Crippen LogP contribution in [0, 0.1) is 0 Å². The van der Waals surface area contributed by atoms with Gasteiger partial charge in [-0.15, -0.1) is 0 Å². The van der Waals surface area contributed by atoms with Crippen LogP contribution in [0.15, 0.2) is 70.7 Å². The summed E-state index contributed by atoms with van der Waals surface area (Å²) in [6, 6.07) is 3.96.